The van der Waals surface area contributed by atoms with Crippen molar-refractivity contribution in [3.8, 4) is 5.75 Å². The average Bonchev–Trinajstić information content (AvgIpc) is 2.49. The van der Waals surface area contributed by atoms with Crippen LogP contribution in [0.3, 0.4) is 0 Å². The van der Waals surface area contributed by atoms with Crippen LogP contribution in [0.1, 0.15) is 49.8 Å². The van der Waals surface area contributed by atoms with Crippen LogP contribution in [0.2, 0.25) is 0 Å². The molecule has 0 bridgehead atoms. The van der Waals surface area contributed by atoms with Crippen molar-refractivity contribution in [3.63, 3.8) is 0 Å². The van der Waals surface area contributed by atoms with E-state index in [1.165, 1.54) is 50.4 Å². The molecule has 3 heteroatoms. The molecule has 1 aromatic rings. The molecule has 1 heterocycles. The quantitative estimate of drug-likeness (QED) is 0.632. The predicted octanol–water partition coefficient (Wildman–Crippen LogP) is 3.51. The minimum Gasteiger partial charge on any atom is -0.426 e. The smallest absolute Gasteiger partial charge is 0.308 e. The molecule has 120 valence electrons. The Hall–Kier alpha value is -1.35. The standard InChI is InChI=1S/C19H27NO2/c1-4-9-20-10-5-6-16-11-17-15(12-18(16)20)8-7-13(2)19(17)22-14(3)21/h7-8,16,18H,4-6,9-12H2,1-3H3/t16-,18-/m1/s1. The summed E-state index contributed by atoms with van der Waals surface area (Å²) in [5.74, 6) is 1.33. The number of carbonyl (C=O) groups excluding carboxylic acids is 1. The lowest BCUT2D eigenvalue weighted by Gasteiger charge is -2.45. The van der Waals surface area contributed by atoms with E-state index in [1.54, 1.807) is 0 Å². The minimum atomic E-state index is -0.213. The van der Waals surface area contributed by atoms with Crippen LogP contribution >= 0.6 is 0 Å². The lowest BCUT2D eigenvalue weighted by Crippen LogP contribution is -2.49. The van der Waals surface area contributed by atoms with Gasteiger partial charge in [-0.1, -0.05) is 19.1 Å². The fraction of sp³-hybridized carbons (Fsp3) is 0.632. The first-order chi connectivity index (χ1) is 10.6. The lowest BCUT2D eigenvalue weighted by atomic mass is 9.74. The van der Waals surface area contributed by atoms with E-state index in [1.807, 2.05) is 6.92 Å². The highest BCUT2D eigenvalue weighted by molar-refractivity contribution is 5.71. The summed E-state index contributed by atoms with van der Waals surface area (Å²) in [6, 6.07) is 5.02. The number of hydrogen-bond donors (Lipinski definition) is 0. The summed E-state index contributed by atoms with van der Waals surface area (Å²) in [6.45, 7) is 8.25. The number of carbonyl (C=O) groups is 1. The Labute approximate surface area is 133 Å². The molecule has 0 aromatic heterocycles. The minimum absolute atomic E-state index is 0.213. The number of hydrogen-bond acceptors (Lipinski definition) is 3. The van der Waals surface area contributed by atoms with Crippen molar-refractivity contribution in [1.29, 1.82) is 0 Å². The van der Waals surface area contributed by atoms with Gasteiger partial charge in [0.25, 0.3) is 0 Å². The first kappa shape index (κ1) is 15.5. The third kappa shape index (κ3) is 2.91. The summed E-state index contributed by atoms with van der Waals surface area (Å²) in [4.78, 5) is 14.1. The van der Waals surface area contributed by atoms with E-state index in [2.05, 4.69) is 24.0 Å². The summed E-state index contributed by atoms with van der Waals surface area (Å²) >= 11 is 0. The van der Waals surface area contributed by atoms with Crippen LogP contribution in [0.15, 0.2) is 12.1 Å². The number of likely N-dealkylation sites (tertiary alicyclic amines) is 1. The summed E-state index contributed by atoms with van der Waals surface area (Å²) in [5.41, 5.74) is 3.74. The zero-order valence-electron chi connectivity index (χ0n) is 14.0. The highest BCUT2D eigenvalue weighted by Crippen LogP contribution is 2.40. The molecule has 2 aliphatic rings. The Morgan fingerprint density at radius 1 is 1.36 bits per heavy atom. The zero-order chi connectivity index (χ0) is 15.7. The second-order valence-corrected chi connectivity index (χ2v) is 6.86. The molecule has 1 aliphatic heterocycles. The Bertz CT molecular complexity index is 565. The average molecular weight is 301 g/mol. The molecule has 3 nitrogen and oxygen atoms in total. The molecule has 0 spiro atoms. The first-order valence-corrected chi connectivity index (χ1v) is 8.64. The second kappa shape index (κ2) is 6.41. The van der Waals surface area contributed by atoms with Crippen molar-refractivity contribution < 1.29 is 9.53 Å². The van der Waals surface area contributed by atoms with Gasteiger partial charge in [-0.3, -0.25) is 9.69 Å². The lowest BCUT2D eigenvalue weighted by molar-refractivity contribution is -0.132. The molecule has 2 atom stereocenters. The van der Waals surface area contributed by atoms with Crippen LogP contribution in [0.25, 0.3) is 0 Å². The highest BCUT2D eigenvalue weighted by atomic mass is 16.5. The third-order valence-corrected chi connectivity index (χ3v) is 5.24. The molecule has 0 saturated carbocycles. The molecule has 0 unspecified atom stereocenters. The Morgan fingerprint density at radius 3 is 2.91 bits per heavy atom. The molecule has 1 saturated heterocycles. The van der Waals surface area contributed by atoms with Crippen molar-refractivity contribution in [2.75, 3.05) is 13.1 Å². The third-order valence-electron chi connectivity index (χ3n) is 5.24. The van der Waals surface area contributed by atoms with Gasteiger partial charge in [0.15, 0.2) is 0 Å². The molecular weight excluding hydrogens is 274 g/mol. The molecule has 1 aromatic carbocycles. The number of ether oxygens (including phenoxy) is 1. The molecule has 22 heavy (non-hydrogen) atoms. The zero-order valence-corrected chi connectivity index (χ0v) is 14.0. The normalized spacial score (nSPS) is 24.5. The second-order valence-electron chi connectivity index (χ2n) is 6.86. The Kier molecular flexibility index (Phi) is 4.53. The summed E-state index contributed by atoms with van der Waals surface area (Å²) in [7, 11) is 0. The Balaban J connectivity index is 1.92. The molecule has 1 aliphatic carbocycles. The molecule has 0 N–H and O–H groups in total. The van der Waals surface area contributed by atoms with Crippen molar-refractivity contribution in [2.45, 2.75) is 58.9 Å². The van der Waals surface area contributed by atoms with Crippen LogP contribution in [0.5, 0.6) is 5.75 Å². The molecular formula is C19H27NO2. The fourth-order valence-corrected chi connectivity index (χ4v) is 4.29. The largest absolute Gasteiger partial charge is 0.426 e. The molecule has 3 rings (SSSR count). The number of benzene rings is 1. The van der Waals surface area contributed by atoms with Gasteiger partial charge >= 0.3 is 5.97 Å². The Morgan fingerprint density at radius 2 is 2.18 bits per heavy atom. The number of fused-ring (bicyclic) bond motifs is 2. The van der Waals surface area contributed by atoms with Crippen LogP contribution < -0.4 is 4.74 Å². The van der Waals surface area contributed by atoms with E-state index in [9.17, 15) is 4.79 Å². The SMILES string of the molecule is CCCN1CCC[C@@H]2Cc3c(ccc(C)c3OC(C)=O)C[C@H]21. The van der Waals surface area contributed by atoms with E-state index in [0.29, 0.717) is 12.0 Å². The maximum atomic E-state index is 11.4. The van der Waals surface area contributed by atoms with Gasteiger partial charge in [0.2, 0.25) is 0 Å². The van der Waals surface area contributed by atoms with E-state index in [4.69, 9.17) is 4.74 Å². The molecule has 0 amide bonds. The van der Waals surface area contributed by atoms with Crippen molar-refractivity contribution >= 4 is 5.97 Å². The van der Waals surface area contributed by atoms with Crippen molar-refractivity contribution in [1.82, 2.24) is 4.90 Å². The maximum absolute atomic E-state index is 11.4. The van der Waals surface area contributed by atoms with Gasteiger partial charge in [-0.25, -0.2) is 0 Å². The van der Waals surface area contributed by atoms with Gasteiger partial charge in [0.1, 0.15) is 5.75 Å². The monoisotopic (exact) mass is 301 g/mol. The number of piperidine rings is 1. The van der Waals surface area contributed by atoms with Crippen molar-refractivity contribution in [3.05, 3.63) is 28.8 Å². The van der Waals surface area contributed by atoms with Crippen LogP contribution in [0, 0.1) is 12.8 Å². The first-order valence-electron chi connectivity index (χ1n) is 8.64. The topological polar surface area (TPSA) is 29.5 Å². The van der Waals surface area contributed by atoms with Crippen LogP contribution in [-0.4, -0.2) is 30.0 Å². The van der Waals surface area contributed by atoms with Crippen LogP contribution in [0.4, 0.5) is 0 Å². The van der Waals surface area contributed by atoms with E-state index < -0.39 is 0 Å². The molecule has 1 fully saturated rings. The summed E-state index contributed by atoms with van der Waals surface area (Å²) < 4.78 is 5.54. The number of nitrogens with zero attached hydrogens (tertiary/aromatic N) is 1. The molecule has 0 radical (unpaired) electrons. The van der Waals surface area contributed by atoms with E-state index in [-0.39, 0.29) is 5.97 Å². The fourth-order valence-electron chi connectivity index (χ4n) is 4.29. The van der Waals surface area contributed by atoms with E-state index in [0.717, 1.165) is 24.2 Å². The van der Waals surface area contributed by atoms with E-state index >= 15 is 0 Å². The van der Waals surface area contributed by atoms with Gasteiger partial charge in [-0.15, -0.1) is 0 Å². The van der Waals surface area contributed by atoms with Gasteiger partial charge in [-0.2, -0.15) is 0 Å². The number of aryl methyl sites for hydroxylation is 1. The van der Waals surface area contributed by atoms with Gasteiger partial charge in [0.05, 0.1) is 0 Å². The summed E-state index contributed by atoms with van der Waals surface area (Å²) in [6.07, 6.45) is 5.99. The van der Waals surface area contributed by atoms with Gasteiger partial charge < -0.3 is 4.74 Å². The summed E-state index contributed by atoms with van der Waals surface area (Å²) in [5, 5.41) is 0. The number of esters is 1. The van der Waals surface area contributed by atoms with Crippen molar-refractivity contribution in [2.24, 2.45) is 5.92 Å². The van der Waals surface area contributed by atoms with Gasteiger partial charge in [-0.05, 0) is 74.7 Å². The highest BCUT2D eigenvalue weighted by Gasteiger charge is 2.36. The maximum Gasteiger partial charge on any atom is 0.308 e. The number of rotatable bonds is 3. The van der Waals surface area contributed by atoms with Crippen LogP contribution in [-0.2, 0) is 17.6 Å². The van der Waals surface area contributed by atoms with Gasteiger partial charge in [0, 0.05) is 13.0 Å². The predicted molar refractivity (Wildman–Crippen MR) is 88.3 cm³/mol.